The third-order valence-electron chi connectivity index (χ3n) is 3.46. The average molecular weight is 315 g/mol. The molecule has 1 amide bonds. The number of nitrogens with two attached hydrogens (primary N) is 1. The lowest BCUT2D eigenvalue weighted by atomic mass is 10.4. The van der Waals surface area contributed by atoms with E-state index in [0.29, 0.717) is 26.1 Å². The molecule has 2 heterocycles. The van der Waals surface area contributed by atoms with Crippen molar-refractivity contribution in [1.29, 1.82) is 0 Å². The summed E-state index contributed by atoms with van der Waals surface area (Å²) < 4.78 is 28.0. The Morgan fingerprint density at radius 1 is 1.38 bits per heavy atom. The van der Waals surface area contributed by atoms with Crippen molar-refractivity contribution >= 4 is 21.7 Å². The first kappa shape index (κ1) is 15.8. The van der Waals surface area contributed by atoms with Gasteiger partial charge in [-0.15, -0.1) is 0 Å². The molecular formula is C12H21N5O3S. The largest absolute Gasteiger partial charge is 0.381 e. The van der Waals surface area contributed by atoms with Crippen LogP contribution in [0.15, 0.2) is 11.1 Å². The molecule has 1 aliphatic rings. The molecule has 0 aliphatic carbocycles. The first-order valence-electron chi connectivity index (χ1n) is 6.93. The van der Waals surface area contributed by atoms with Gasteiger partial charge in [-0.25, -0.2) is 8.42 Å². The smallest absolute Gasteiger partial charge is 0.248 e. The summed E-state index contributed by atoms with van der Waals surface area (Å²) in [6.45, 7) is 3.26. The number of amides is 1. The van der Waals surface area contributed by atoms with E-state index < -0.39 is 10.0 Å². The molecule has 118 valence electrons. The molecule has 0 saturated carbocycles. The van der Waals surface area contributed by atoms with Gasteiger partial charge < -0.3 is 10.6 Å². The van der Waals surface area contributed by atoms with Crippen LogP contribution in [0.5, 0.6) is 0 Å². The number of aryl methyl sites for hydroxylation is 1. The van der Waals surface area contributed by atoms with E-state index >= 15 is 0 Å². The number of rotatable bonds is 4. The molecule has 0 atom stereocenters. The first-order valence-corrected chi connectivity index (χ1v) is 8.37. The predicted molar refractivity (Wildman–Crippen MR) is 77.9 cm³/mol. The maximum absolute atomic E-state index is 12.7. The third kappa shape index (κ3) is 3.18. The molecule has 0 radical (unpaired) electrons. The molecule has 0 aromatic carbocycles. The predicted octanol–water partition coefficient (Wildman–Crippen LogP) is -0.272. The molecule has 2 N–H and O–H groups in total. The molecule has 0 bridgehead atoms. The molecule has 21 heavy (non-hydrogen) atoms. The van der Waals surface area contributed by atoms with E-state index in [4.69, 9.17) is 5.73 Å². The highest BCUT2D eigenvalue weighted by atomic mass is 32.2. The number of anilines is 1. The summed E-state index contributed by atoms with van der Waals surface area (Å²) in [5.74, 6) is -0.232. The van der Waals surface area contributed by atoms with Crippen molar-refractivity contribution in [1.82, 2.24) is 19.0 Å². The van der Waals surface area contributed by atoms with Crippen molar-refractivity contribution in [3.8, 4) is 0 Å². The Hall–Kier alpha value is -1.61. The minimum atomic E-state index is -3.79. The molecule has 0 spiro atoms. The second-order valence-electron chi connectivity index (χ2n) is 5.15. The molecule has 1 aromatic rings. The SMILES string of the molecule is CCCn1cc(S(=O)(=O)N2CCCN(C)C(=O)C2)c(N)n1. The lowest BCUT2D eigenvalue weighted by molar-refractivity contribution is -0.129. The number of nitrogens with zero attached hydrogens (tertiary/aromatic N) is 4. The zero-order valence-corrected chi connectivity index (χ0v) is 13.1. The normalized spacial score (nSPS) is 18.0. The molecule has 1 aromatic heterocycles. The Balaban J connectivity index is 2.30. The van der Waals surface area contributed by atoms with Crippen LogP contribution in [-0.4, -0.2) is 60.0 Å². The van der Waals surface area contributed by atoms with E-state index in [1.807, 2.05) is 6.92 Å². The standard InChI is InChI=1S/C12H21N5O3S/c1-3-5-16-8-10(12(13)14-16)21(19,20)17-7-4-6-15(2)11(18)9-17/h8H,3-7,9H2,1-2H3,(H2,13,14). The van der Waals surface area contributed by atoms with Gasteiger partial charge in [0.25, 0.3) is 0 Å². The minimum Gasteiger partial charge on any atom is -0.381 e. The van der Waals surface area contributed by atoms with Crippen LogP contribution in [0, 0.1) is 0 Å². The highest BCUT2D eigenvalue weighted by Gasteiger charge is 2.32. The number of aromatic nitrogens is 2. The topological polar surface area (TPSA) is 102 Å². The summed E-state index contributed by atoms with van der Waals surface area (Å²) in [6, 6.07) is 0. The van der Waals surface area contributed by atoms with Crippen LogP contribution in [0.4, 0.5) is 5.82 Å². The number of sulfonamides is 1. The van der Waals surface area contributed by atoms with Gasteiger partial charge in [-0.3, -0.25) is 9.48 Å². The number of likely N-dealkylation sites (N-methyl/N-ethyl adjacent to an activating group) is 1. The van der Waals surface area contributed by atoms with Gasteiger partial charge in [0, 0.05) is 32.9 Å². The lowest BCUT2D eigenvalue weighted by Crippen LogP contribution is -2.38. The molecule has 8 nitrogen and oxygen atoms in total. The van der Waals surface area contributed by atoms with Crippen LogP contribution >= 0.6 is 0 Å². The minimum absolute atomic E-state index is 0.0199. The zero-order valence-electron chi connectivity index (χ0n) is 12.3. The molecule has 2 rings (SSSR count). The van der Waals surface area contributed by atoms with Crippen molar-refractivity contribution in [2.75, 3.05) is 32.4 Å². The molecule has 0 unspecified atom stereocenters. The first-order chi connectivity index (χ1) is 9.86. The van der Waals surface area contributed by atoms with E-state index in [1.54, 1.807) is 11.9 Å². The maximum Gasteiger partial charge on any atom is 0.248 e. The fourth-order valence-electron chi connectivity index (χ4n) is 2.26. The van der Waals surface area contributed by atoms with Gasteiger partial charge in [-0.05, 0) is 12.8 Å². The van der Waals surface area contributed by atoms with Gasteiger partial charge >= 0.3 is 0 Å². The quantitative estimate of drug-likeness (QED) is 0.824. The van der Waals surface area contributed by atoms with E-state index in [-0.39, 0.29) is 23.2 Å². The van der Waals surface area contributed by atoms with Gasteiger partial charge in [0.05, 0.1) is 6.54 Å². The Morgan fingerprint density at radius 2 is 2.10 bits per heavy atom. The van der Waals surface area contributed by atoms with Crippen molar-refractivity contribution in [3.05, 3.63) is 6.20 Å². The van der Waals surface area contributed by atoms with Crippen molar-refractivity contribution in [2.45, 2.75) is 31.2 Å². The number of carbonyl (C=O) groups is 1. The molecule has 1 aliphatic heterocycles. The Bertz CT molecular complexity index is 625. The maximum atomic E-state index is 12.7. The van der Waals surface area contributed by atoms with E-state index in [9.17, 15) is 13.2 Å². The molecule has 1 fully saturated rings. The van der Waals surface area contributed by atoms with E-state index in [0.717, 1.165) is 6.42 Å². The van der Waals surface area contributed by atoms with Gasteiger partial charge in [0.1, 0.15) is 4.90 Å². The number of hydrogen-bond donors (Lipinski definition) is 1. The van der Waals surface area contributed by atoms with E-state index in [2.05, 4.69) is 5.10 Å². The van der Waals surface area contributed by atoms with Gasteiger partial charge in [-0.1, -0.05) is 6.92 Å². The average Bonchev–Trinajstić information content (AvgIpc) is 2.69. The number of hydrogen-bond acceptors (Lipinski definition) is 5. The number of nitrogen functional groups attached to an aromatic ring is 1. The van der Waals surface area contributed by atoms with Gasteiger partial charge in [-0.2, -0.15) is 9.40 Å². The van der Waals surface area contributed by atoms with Crippen LogP contribution in [0.3, 0.4) is 0 Å². The van der Waals surface area contributed by atoms with Crippen molar-refractivity contribution in [2.24, 2.45) is 0 Å². The lowest BCUT2D eigenvalue weighted by Gasteiger charge is -2.18. The monoisotopic (exact) mass is 315 g/mol. The Morgan fingerprint density at radius 3 is 2.76 bits per heavy atom. The van der Waals surface area contributed by atoms with Crippen LogP contribution in [0.1, 0.15) is 19.8 Å². The van der Waals surface area contributed by atoms with Gasteiger partial charge in [0.2, 0.25) is 15.9 Å². The molecule has 9 heteroatoms. The van der Waals surface area contributed by atoms with E-state index in [1.165, 1.54) is 15.2 Å². The van der Waals surface area contributed by atoms with Gasteiger partial charge in [0.15, 0.2) is 5.82 Å². The fraction of sp³-hybridized carbons (Fsp3) is 0.667. The molecule has 1 saturated heterocycles. The Labute approximate surface area is 124 Å². The Kier molecular flexibility index (Phi) is 4.52. The highest BCUT2D eigenvalue weighted by molar-refractivity contribution is 7.89. The molecular weight excluding hydrogens is 294 g/mol. The second-order valence-corrected chi connectivity index (χ2v) is 7.06. The summed E-state index contributed by atoms with van der Waals surface area (Å²) in [4.78, 5) is 13.4. The third-order valence-corrected chi connectivity index (χ3v) is 5.33. The summed E-state index contributed by atoms with van der Waals surface area (Å²) in [5, 5.41) is 4.01. The van der Waals surface area contributed by atoms with Crippen LogP contribution in [0.25, 0.3) is 0 Å². The summed E-state index contributed by atoms with van der Waals surface area (Å²) >= 11 is 0. The number of carbonyl (C=O) groups excluding carboxylic acids is 1. The van der Waals surface area contributed by atoms with Crippen LogP contribution in [0.2, 0.25) is 0 Å². The highest BCUT2D eigenvalue weighted by Crippen LogP contribution is 2.22. The van der Waals surface area contributed by atoms with Crippen molar-refractivity contribution in [3.63, 3.8) is 0 Å². The summed E-state index contributed by atoms with van der Waals surface area (Å²) in [5.41, 5.74) is 5.73. The summed E-state index contributed by atoms with van der Waals surface area (Å²) in [7, 11) is -2.12. The van der Waals surface area contributed by atoms with Crippen LogP contribution < -0.4 is 5.73 Å². The summed E-state index contributed by atoms with van der Waals surface area (Å²) in [6.07, 6.45) is 2.87. The van der Waals surface area contributed by atoms with Crippen molar-refractivity contribution < 1.29 is 13.2 Å². The fourth-order valence-corrected chi connectivity index (χ4v) is 3.75. The zero-order chi connectivity index (χ0) is 15.6. The second kappa shape index (κ2) is 6.02. The van der Waals surface area contributed by atoms with Crippen LogP contribution in [-0.2, 0) is 21.4 Å².